The van der Waals surface area contributed by atoms with Crippen molar-refractivity contribution in [2.45, 2.75) is 19.9 Å². The number of hydrogen-bond donors (Lipinski definition) is 0. The Bertz CT molecular complexity index is 1130. The maximum atomic E-state index is 13.1. The molecular weight excluding hydrogens is 464 g/mol. The SMILES string of the molecule is Cc1ccc(OCC(=O)N(CCCn2ccnc2)c2nc3ccc(Br)cc3s2)cc1. The molecule has 0 spiro atoms. The molecule has 4 aromatic rings. The molecule has 2 aromatic heterocycles. The van der Waals surface area contributed by atoms with Crippen LogP contribution in [0.3, 0.4) is 0 Å². The molecule has 4 rings (SSSR count). The molecule has 0 radical (unpaired) electrons. The van der Waals surface area contributed by atoms with Crippen LogP contribution in [-0.4, -0.2) is 33.6 Å². The molecule has 0 saturated heterocycles. The largest absolute Gasteiger partial charge is 0.484 e. The van der Waals surface area contributed by atoms with E-state index in [9.17, 15) is 4.79 Å². The van der Waals surface area contributed by atoms with Gasteiger partial charge in [0, 0.05) is 30.0 Å². The fraction of sp³-hybridized carbons (Fsp3) is 0.227. The van der Waals surface area contributed by atoms with E-state index < -0.39 is 0 Å². The van der Waals surface area contributed by atoms with Crippen molar-refractivity contribution in [3.8, 4) is 5.75 Å². The second-order valence-corrected chi connectivity index (χ2v) is 8.83. The molecule has 1 amide bonds. The Morgan fingerprint density at radius 1 is 1.23 bits per heavy atom. The summed E-state index contributed by atoms with van der Waals surface area (Å²) in [5.41, 5.74) is 2.03. The molecule has 2 heterocycles. The third kappa shape index (κ3) is 5.06. The summed E-state index contributed by atoms with van der Waals surface area (Å²) >= 11 is 5.01. The predicted octanol–water partition coefficient (Wildman–Crippen LogP) is 5.07. The number of aryl methyl sites for hydroxylation is 2. The van der Waals surface area contributed by atoms with Gasteiger partial charge in [-0.15, -0.1) is 0 Å². The van der Waals surface area contributed by atoms with E-state index in [0.29, 0.717) is 17.4 Å². The number of halogens is 1. The summed E-state index contributed by atoms with van der Waals surface area (Å²) in [7, 11) is 0. The first-order valence-corrected chi connectivity index (χ1v) is 11.2. The first kappa shape index (κ1) is 20.6. The third-order valence-corrected chi connectivity index (χ3v) is 6.15. The minimum absolute atomic E-state index is 0.0340. The monoisotopic (exact) mass is 484 g/mol. The maximum absolute atomic E-state index is 13.1. The van der Waals surface area contributed by atoms with E-state index in [4.69, 9.17) is 4.74 Å². The smallest absolute Gasteiger partial charge is 0.266 e. The maximum Gasteiger partial charge on any atom is 0.266 e. The van der Waals surface area contributed by atoms with Gasteiger partial charge in [0.1, 0.15) is 5.75 Å². The Kier molecular flexibility index (Phi) is 6.44. The average molecular weight is 485 g/mol. The molecular formula is C22H21BrN4O2S. The van der Waals surface area contributed by atoms with Gasteiger partial charge in [-0.3, -0.25) is 9.69 Å². The highest BCUT2D eigenvalue weighted by Crippen LogP contribution is 2.31. The van der Waals surface area contributed by atoms with Crippen LogP contribution in [0.15, 0.2) is 65.7 Å². The summed E-state index contributed by atoms with van der Waals surface area (Å²) in [6, 6.07) is 13.6. The van der Waals surface area contributed by atoms with Gasteiger partial charge in [0.15, 0.2) is 11.7 Å². The van der Waals surface area contributed by atoms with Gasteiger partial charge < -0.3 is 9.30 Å². The fourth-order valence-electron chi connectivity index (χ4n) is 3.02. The quantitative estimate of drug-likeness (QED) is 0.350. The number of fused-ring (bicyclic) bond motifs is 1. The first-order chi connectivity index (χ1) is 14.6. The van der Waals surface area contributed by atoms with Crippen LogP contribution in [0, 0.1) is 6.92 Å². The Hall–Kier alpha value is -2.71. The van der Waals surface area contributed by atoms with E-state index in [1.165, 1.54) is 11.3 Å². The number of benzene rings is 2. The Morgan fingerprint density at radius 2 is 2.07 bits per heavy atom. The molecule has 0 bridgehead atoms. The number of anilines is 1. The number of rotatable bonds is 8. The number of ether oxygens (including phenoxy) is 1. The second kappa shape index (κ2) is 9.40. The van der Waals surface area contributed by atoms with Crippen molar-refractivity contribution in [1.29, 1.82) is 0 Å². The van der Waals surface area contributed by atoms with Crippen LogP contribution in [-0.2, 0) is 11.3 Å². The zero-order valence-electron chi connectivity index (χ0n) is 16.5. The molecule has 0 N–H and O–H groups in total. The summed E-state index contributed by atoms with van der Waals surface area (Å²) in [6.45, 7) is 3.31. The van der Waals surface area contributed by atoms with E-state index >= 15 is 0 Å². The molecule has 6 nitrogen and oxygen atoms in total. The molecule has 8 heteroatoms. The molecule has 0 aliphatic carbocycles. The normalized spacial score (nSPS) is 11.0. The summed E-state index contributed by atoms with van der Waals surface area (Å²) in [6.07, 6.45) is 6.24. The third-order valence-electron chi connectivity index (χ3n) is 4.61. The van der Waals surface area contributed by atoms with Crippen molar-refractivity contribution >= 4 is 48.5 Å². The van der Waals surface area contributed by atoms with E-state index in [0.717, 1.165) is 33.2 Å². The Morgan fingerprint density at radius 3 is 2.83 bits per heavy atom. The number of nitrogens with zero attached hydrogens (tertiary/aromatic N) is 4. The van der Waals surface area contributed by atoms with E-state index in [1.807, 2.05) is 60.2 Å². The first-order valence-electron chi connectivity index (χ1n) is 9.60. The highest BCUT2D eigenvalue weighted by Gasteiger charge is 2.20. The standard InChI is InChI=1S/C22H21BrN4O2S/c1-16-3-6-18(7-4-16)29-14-21(28)27(11-2-10-26-12-9-24-15-26)22-25-19-8-5-17(23)13-20(19)30-22/h3-9,12-13,15H,2,10-11,14H2,1H3. The van der Waals surface area contributed by atoms with Gasteiger partial charge in [-0.25, -0.2) is 9.97 Å². The minimum atomic E-state index is -0.112. The predicted molar refractivity (Wildman–Crippen MR) is 123 cm³/mol. The van der Waals surface area contributed by atoms with Crippen molar-refractivity contribution in [3.05, 3.63) is 71.2 Å². The summed E-state index contributed by atoms with van der Waals surface area (Å²) in [5, 5.41) is 0.686. The zero-order valence-corrected chi connectivity index (χ0v) is 18.9. The van der Waals surface area contributed by atoms with Gasteiger partial charge in [-0.1, -0.05) is 45.0 Å². The lowest BCUT2D eigenvalue weighted by Gasteiger charge is -2.20. The van der Waals surface area contributed by atoms with Crippen LogP contribution >= 0.6 is 27.3 Å². The topological polar surface area (TPSA) is 60.2 Å². The van der Waals surface area contributed by atoms with Crippen LogP contribution in [0.1, 0.15) is 12.0 Å². The van der Waals surface area contributed by atoms with Gasteiger partial charge in [-0.05, 0) is 43.7 Å². The van der Waals surface area contributed by atoms with Crippen molar-refractivity contribution in [2.24, 2.45) is 0 Å². The molecule has 2 aromatic carbocycles. The van der Waals surface area contributed by atoms with Crippen LogP contribution in [0.4, 0.5) is 5.13 Å². The Balaban J connectivity index is 1.50. The highest BCUT2D eigenvalue weighted by molar-refractivity contribution is 9.10. The molecule has 0 unspecified atom stereocenters. The summed E-state index contributed by atoms with van der Waals surface area (Å²) < 4.78 is 9.76. The van der Waals surface area contributed by atoms with Crippen molar-refractivity contribution < 1.29 is 9.53 Å². The summed E-state index contributed by atoms with van der Waals surface area (Å²) in [5.74, 6) is 0.569. The van der Waals surface area contributed by atoms with Crippen LogP contribution in [0.2, 0.25) is 0 Å². The van der Waals surface area contributed by atoms with Gasteiger partial charge in [0.05, 0.1) is 16.5 Å². The highest BCUT2D eigenvalue weighted by atomic mass is 79.9. The lowest BCUT2D eigenvalue weighted by molar-refractivity contribution is -0.120. The molecule has 154 valence electrons. The lowest BCUT2D eigenvalue weighted by atomic mass is 10.2. The van der Waals surface area contributed by atoms with Gasteiger partial charge >= 0.3 is 0 Å². The van der Waals surface area contributed by atoms with Crippen molar-refractivity contribution in [3.63, 3.8) is 0 Å². The van der Waals surface area contributed by atoms with Crippen LogP contribution < -0.4 is 9.64 Å². The second-order valence-electron chi connectivity index (χ2n) is 6.91. The number of carbonyl (C=O) groups is 1. The number of amides is 1. The number of thiazole rings is 1. The summed E-state index contributed by atoms with van der Waals surface area (Å²) in [4.78, 5) is 23.5. The number of aromatic nitrogens is 3. The lowest BCUT2D eigenvalue weighted by Crippen LogP contribution is -2.36. The van der Waals surface area contributed by atoms with Crippen molar-refractivity contribution in [2.75, 3.05) is 18.1 Å². The van der Waals surface area contributed by atoms with Gasteiger partial charge in [0.2, 0.25) is 0 Å². The average Bonchev–Trinajstić information content (AvgIpc) is 3.40. The molecule has 0 aliphatic rings. The number of hydrogen-bond acceptors (Lipinski definition) is 5. The molecule has 0 fully saturated rings. The molecule has 30 heavy (non-hydrogen) atoms. The number of imidazole rings is 1. The van der Waals surface area contributed by atoms with E-state index in [2.05, 4.69) is 25.9 Å². The fourth-order valence-corrected chi connectivity index (χ4v) is 4.58. The van der Waals surface area contributed by atoms with E-state index in [-0.39, 0.29) is 12.5 Å². The van der Waals surface area contributed by atoms with Crippen molar-refractivity contribution in [1.82, 2.24) is 14.5 Å². The minimum Gasteiger partial charge on any atom is -0.484 e. The van der Waals surface area contributed by atoms with Gasteiger partial charge in [-0.2, -0.15) is 0 Å². The molecule has 0 aliphatic heterocycles. The van der Waals surface area contributed by atoms with Crippen LogP contribution in [0.5, 0.6) is 5.75 Å². The Labute approximate surface area is 187 Å². The molecule has 0 atom stereocenters. The zero-order chi connectivity index (χ0) is 20.9. The van der Waals surface area contributed by atoms with Gasteiger partial charge in [0.25, 0.3) is 5.91 Å². The number of carbonyl (C=O) groups excluding carboxylic acids is 1. The molecule has 0 saturated carbocycles. The van der Waals surface area contributed by atoms with Crippen LogP contribution in [0.25, 0.3) is 10.2 Å². The van der Waals surface area contributed by atoms with E-state index in [1.54, 1.807) is 17.4 Å².